The molecule has 0 saturated heterocycles. The molecule has 0 fully saturated rings. The maximum absolute atomic E-state index is 12.2. The van der Waals surface area contributed by atoms with E-state index in [0.717, 1.165) is 5.56 Å². The summed E-state index contributed by atoms with van der Waals surface area (Å²) in [5, 5.41) is 10.7. The Hall–Kier alpha value is -3.39. The van der Waals surface area contributed by atoms with Crippen molar-refractivity contribution in [1.82, 2.24) is 15.5 Å². The predicted molar refractivity (Wildman–Crippen MR) is 101 cm³/mol. The molecule has 0 aliphatic carbocycles. The third kappa shape index (κ3) is 5.08. The van der Waals surface area contributed by atoms with Crippen LogP contribution in [0.1, 0.15) is 23.9 Å². The van der Waals surface area contributed by atoms with Gasteiger partial charge in [-0.1, -0.05) is 48.0 Å². The van der Waals surface area contributed by atoms with E-state index in [-0.39, 0.29) is 18.9 Å². The van der Waals surface area contributed by atoms with Crippen molar-refractivity contribution in [3.05, 3.63) is 71.1 Å². The molecule has 0 radical (unpaired) electrons. The van der Waals surface area contributed by atoms with E-state index >= 15 is 0 Å². The molecule has 9 heteroatoms. The first kappa shape index (κ1) is 19.4. The number of rotatable bonds is 7. The van der Waals surface area contributed by atoms with E-state index in [9.17, 15) is 9.59 Å². The van der Waals surface area contributed by atoms with E-state index in [0.29, 0.717) is 16.5 Å². The highest BCUT2D eigenvalue weighted by Crippen LogP contribution is 2.25. The van der Waals surface area contributed by atoms with Crippen LogP contribution in [0.5, 0.6) is 0 Å². The highest BCUT2D eigenvalue weighted by molar-refractivity contribution is 6.31. The van der Waals surface area contributed by atoms with E-state index < -0.39 is 18.0 Å². The molecule has 0 aliphatic heterocycles. The van der Waals surface area contributed by atoms with Gasteiger partial charge in [0.1, 0.15) is 0 Å². The number of nitrogens with zero attached hydrogens (tertiary/aromatic N) is 2. The number of nitrogens with one attached hydrogen (secondary N) is 1. The molecule has 144 valence electrons. The van der Waals surface area contributed by atoms with Crippen LogP contribution in [-0.4, -0.2) is 22.2 Å². The number of urea groups is 1. The molecule has 1 aromatic heterocycles. The fourth-order valence-corrected chi connectivity index (χ4v) is 2.81. The number of hydrogen-bond acceptors (Lipinski definition) is 6. The number of aromatic nitrogens is 2. The SMILES string of the molecule is NC(=O)N[C@H](CC(=O)OCc1nnc(-c2ccccc2)o1)c1ccccc1Cl. The van der Waals surface area contributed by atoms with Gasteiger partial charge in [-0.25, -0.2) is 4.79 Å². The second kappa shape index (κ2) is 9.01. The van der Waals surface area contributed by atoms with E-state index in [4.69, 9.17) is 26.5 Å². The monoisotopic (exact) mass is 400 g/mol. The van der Waals surface area contributed by atoms with E-state index in [2.05, 4.69) is 15.5 Å². The van der Waals surface area contributed by atoms with Crippen LogP contribution in [0.2, 0.25) is 5.02 Å². The molecule has 8 nitrogen and oxygen atoms in total. The summed E-state index contributed by atoms with van der Waals surface area (Å²) in [6.45, 7) is -0.190. The van der Waals surface area contributed by atoms with Crippen molar-refractivity contribution in [2.45, 2.75) is 19.1 Å². The van der Waals surface area contributed by atoms with Gasteiger partial charge >= 0.3 is 12.0 Å². The second-order valence-corrected chi connectivity index (χ2v) is 6.22. The van der Waals surface area contributed by atoms with Crippen LogP contribution in [0.25, 0.3) is 11.5 Å². The molecule has 0 saturated carbocycles. The number of primary amides is 1. The molecule has 1 atom stereocenters. The first-order valence-corrected chi connectivity index (χ1v) is 8.74. The Balaban J connectivity index is 1.61. The van der Waals surface area contributed by atoms with Crippen LogP contribution >= 0.6 is 11.6 Å². The van der Waals surface area contributed by atoms with Crippen molar-refractivity contribution >= 4 is 23.6 Å². The molecule has 0 bridgehead atoms. The zero-order valence-electron chi connectivity index (χ0n) is 14.7. The van der Waals surface area contributed by atoms with E-state index in [1.54, 1.807) is 24.3 Å². The van der Waals surface area contributed by atoms with Gasteiger partial charge in [0.05, 0.1) is 12.5 Å². The Morgan fingerprint density at radius 3 is 2.54 bits per heavy atom. The smallest absolute Gasteiger partial charge is 0.312 e. The summed E-state index contributed by atoms with van der Waals surface area (Å²) in [7, 11) is 0. The Bertz CT molecular complexity index is 961. The minimum Gasteiger partial charge on any atom is -0.456 e. The van der Waals surface area contributed by atoms with Crippen molar-refractivity contribution in [1.29, 1.82) is 0 Å². The molecule has 1 heterocycles. The number of benzene rings is 2. The molecule has 3 N–H and O–H groups in total. The fourth-order valence-electron chi connectivity index (χ4n) is 2.55. The number of nitrogens with two attached hydrogens (primary N) is 1. The average Bonchev–Trinajstić information content (AvgIpc) is 3.16. The minimum atomic E-state index is -0.776. The van der Waals surface area contributed by atoms with Crippen molar-refractivity contribution in [2.75, 3.05) is 0 Å². The molecule has 28 heavy (non-hydrogen) atoms. The Labute approximate surface area is 165 Å². The Kier molecular flexibility index (Phi) is 6.23. The summed E-state index contributed by atoms with van der Waals surface area (Å²) in [6, 6.07) is 14.6. The van der Waals surface area contributed by atoms with Gasteiger partial charge in [0.15, 0.2) is 6.61 Å². The largest absolute Gasteiger partial charge is 0.456 e. The van der Waals surface area contributed by atoms with Crippen LogP contribution in [0.15, 0.2) is 59.0 Å². The van der Waals surface area contributed by atoms with Crippen LogP contribution in [-0.2, 0) is 16.1 Å². The lowest BCUT2D eigenvalue weighted by molar-refractivity contribution is -0.146. The van der Waals surface area contributed by atoms with Crippen molar-refractivity contribution < 1.29 is 18.7 Å². The van der Waals surface area contributed by atoms with Crippen LogP contribution < -0.4 is 11.1 Å². The van der Waals surface area contributed by atoms with Crippen LogP contribution in [0.4, 0.5) is 4.79 Å². The zero-order chi connectivity index (χ0) is 19.9. The average molecular weight is 401 g/mol. The third-order valence-electron chi connectivity index (χ3n) is 3.81. The maximum Gasteiger partial charge on any atom is 0.312 e. The van der Waals surface area contributed by atoms with E-state index in [1.165, 1.54) is 0 Å². The highest BCUT2D eigenvalue weighted by Gasteiger charge is 2.21. The van der Waals surface area contributed by atoms with Gasteiger partial charge < -0.3 is 20.2 Å². The Morgan fingerprint density at radius 1 is 1.11 bits per heavy atom. The van der Waals surface area contributed by atoms with Crippen molar-refractivity contribution in [2.24, 2.45) is 5.73 Å². The molecule has 0 spiro atoms. The number of ether oxygens (including phenoxy) is 1. The predicted octanol–water partition coefficient (Wildman–Crippen LogP) is 3.23. The zero-order valence-corrected chi connectivity index (χ0v) is 15.4. The minimum absolute atomic E-state index is 0.157. The van der Waals surface area contributed by atoms with Gasteiger partial charge in [-0.15, -0.1) is 10.2 Å². The first-order chi connectivity index (χ1) is 13.5. The lowest BCUT2D eigenvalue weighted by Crippen LogP contribution is -2.34. The highest BCUT2D eigenvalue weighted by atomic mass is 35.5. The van der Waals surface area contributed by atoms with Crippen molar-refractivity contribution in [3.8, 4) is 11.5 Å². The lowest BCUT2D eigenvalue weighted by Gasteiger charge is -2.18. The number of halogens is 1. The number of carbonyl (C=O) groups is 2. The van der Waals surface area contributed by atoms with Gasteiger partial charge in [-0.3, -0.25) is 4.79 Å². The second-order valence-electron chi connectivity index (χ2n) is 5.81. The van der Waals surface area contributed by atoms with E-state index in [1.807, 2.05) is 30.3 Å². The number of amides is 2. The molecule has 3 aromatic rings. The molecule has 3 rings (SSSR count). The molecular formula is C19H17ClN4O4. The standard InChI is InChI=1S/C19H17ClN4O4/c20-14-9-5-4-8-13(14)15(22-19(21)26)10-17(25)27-11-16-23-24-18(28-16)12-6-2-1-3-7-12/h1-9,15H,10-11H2,(H3,21,22,26)/t15-/m1/s1. The fraction of sp³-hybridized carbons (Fsp3) is 0.158. The van der Waals surface area contributed by atoms with Gasteiger partial charge in [0.2, 0.25) is 5.89 Å². The van der Waals surface area contributed by atoms with Crippen LogP contribution in [0, 0.1) is 0 Å². The molecule has 0 aliphatic rings. The number of carbonyl (C=O) groups excluding carboxylic acids is 2. The topological polar surface area (TPSA) is 120 Å². The molecule has 2 aromatic carbocycles. The molecular weight excluding hydrogens is 384 g/mol. The van der Waals surface area contributed by atoms with Crippen LogP contribution in [0.3, 0.4) is 0 Å². The molecule has 2 amide bonds. The Morgan fingerprint density at radius 2 is 1.82 bits per heavy atom. The van der Waals surface area contributed by atoms with Gasteiger partial charge in [-0.2, -0.15) is 0 Å². The van der Waals surface area contributed by atoms with Crippen molar-refractivity contribution in [3.63, 3.8) is 0 Å². The summed E-state index contributed by atoms with van der Waals surface area (Å²) in [4.78, 5) is 23.5. The van der Waals surface area contributed by atoms with Gasteiger partial charge in [0.25, 0.3) is 5.89 Å². The maximum atomic E-state index is 12.2. The summed E-state index contributed by atoms with van der Waals surface area (Å²) < 4.78 is 10.7. The normalized spacial score (nSPS) is 11.6. The first-order valence-electron chi connectivity index (χ1n) is 8.36. The summed E-state index contributed by atoms with van der Waals surface area (Å²) in [6.07, 6.45) is -0.160. The van der Waals surface area contributed by atoms with Gasteiger partial charge in [-0.05, 0) is 23.8 Å². The summed E-state index contributed by atoms with van der Waals surface area (Å²) in [5.41, 5.74) is 6.52. The molecule has 0 unspecified atom stereocenters. The lowest BCUT2D eigenvalue weighted by atomic mass is 10.0. The van der Waals surface area contributed by atoms with Gasteiger partial charge in [0, 0.05) is 10.6 Å². The summed E-state index contributed by atoms with van der Waals surface area (Å²) in [5.74, 6) is -0.0986. The third-order valence-corrected chi connectivity index (χ3v) is 4.16. The number of hydrogen-bond donors (Lipinski definition) is 2. The summed E-state index contributed by atoms with van der Waals surface area (Å²) >= 11 is 6.14. The quantitative estimate of drug-likeness (QED) is 0.587. The number of esters is 1.